The molecule has 0 saturated carbocycles. The van der Waals surface area contributed by atoms with Gasteiger partial charge in [0, 0.05) is 12.1 Å². The monoisotopic (exact) mass is 265 g/mol. The highest BCUT2D eigenvalue weighted by Crippen LogP contribution is 2.21. The van der Waals surface area contributed by atoms with Crippen molar-refractivity contribution in [3.05, 3.63) is 35.6 Å². The molecule has 102 valence electrons. The van der Waals surface area contributed by atoms with E-state index in [-0.39, 0.29) is 18.7 Å². The minimum Gasteiger partial charge on any atom is -0.387 e. The summed E-state index contributed by atoms with van der Waals surface area (Å²) in [4.78, 5) is 1.02. The van der Waals surface area contributed by atoms with Crippen LogP contribution in [0.25, 0.3) is 0 Å². The second-order valence-electron chi connectivity index (χ2n) is 3.98. The zero-order chi connectivity index (χ0) is 13.8. The Hall–Kier alpha value is -1.14. The molecule has 0 aliphatic heterocycles. The summed E-state index contributed by atoms with van der Waals surface area (Å²) in [7, 11) is 0. The molecule has 0 fully saturated rings. The molecule has 0 aliphatic carbocycles. The molecule has 0 radical (unpaired) electrons. The largest absolute Gasteiger partial charge is 0.401 e. The lowest BCUT2D eigenvalue weighted by Crippen LogP contribution is -2.37. The number of aliphatic hydroxyl groups excluding tert-OH is 1. The van der Waals surface area contributed by atoms with E-state index in [1.807, 2.05) is 0 Å². The molecule has 1 rings (SSSR count). The lowest BCUT2D eigenvalue weighted by molar-refractivity contribution is -0.148. The van der Waals surface area contributed by atoms with Crippen molar-refractivity contribution in [2.45, 2.75) is 19.2 Å². The van der Waals surface area contributed by atoms with Gasteiger partial charge in [0.2, 0.25) is 0 Å². The van der Waals surface area contributed by atoms with Crippen molar-refractivity contribution in [2.75, 3.05) is 19.6 Å². The second-order valence-corrected chi connectivity index (χ2v) is 3.98. The first-order valence-electron chi connectivity index (χ1n) is 5.55. The molecule has 1 atom stereocenters. The SMILES string of the molecule is CCN(CC(O)c1ccccc1F)CC(F)(F)F. The van der Waals surface area contributed by atoms with Gasteiger partial charge in [-0.2, -0.15) is 13.2 Å². The Morgan fingerprint density at radius 3 is 2.39 bits per heavy atom. The highest BCUT2D eigenvalue weighted by Gasteiger charge is 2.31. The first-order chi connectivity index (χ1) is 8.33. The minimum absolute atomic E-state index is 0.0122. The molecule has 0 bridgehead atoms. The van der Waals surface area contributed by atoms with E-state index in [2.05, 4.69) is 0 Å². The number of alkyl halides is 3. The molecule has 0 amide bonds. The van der Waals surface area contributed by atoms with E-state index in [9.17, 15) is 22.7 Å². The molecule has 0 aliphatic rings. The maximum Gasteiger partial charge on any atom is 0.401 e. The zero-order valence-corrected chi connectivity index (χ0v) is 9.91. The fraction of sp³-hybridized carbons (Fsp3) is 0.500. The van der Waals surface area contributed by atoms with E-state index in [1.165, 1.54) is 24.3 Å². The molecule has 0 aromatic heterocycles. The smallest absolute Gasteiger partial charge is 0.387 e. The molecular formula is C12H15F4NO. The Morgan fingerprint density at radius 1 is 1.28 bits per heavy atom. The van der Waals surface area contributed by atoms with Crippen LogP contribution in [0.2, 0.25) is 0 Å². The summed E-state index contributed by atoms with van der Waals surface area (Å²) in [6.45, 7) is 0.316. The van der Waals surface area contributed by atoms with Gasteiger partial charge in [-0.1, -0.05) is 25.1 Å². The molecule has 2 nitrogen and oxygen atoms in total. The van der Waals surface area contributed by atoms with Gasteiger partial charge in [0.15, 0.2) is 0 Å². The topological polar surface area (TPSA) is 23.5 Å². The number of halogens is 4. The molecule has 0 saturated heterocycles. The molecule has 18 heavy (non-hydrogen) atoms. The van der Waals surface area contributed by atoms with Crippen molar-refractivity contribution in [1.29, 1.82) is 0 Å². The summed E-state index contributed by atoms with van der Waals surface area (Å²) < 4.78 is 50.0. The number of aliphatic hydroxyl groups is 1. The zero-order valence-electron chi connectivity index (χ0n) is 9.91. The molecule has 6 heteroatoms. The average molecular weight is 265 g/mol. The van der Waals surface area contributed by atoms with Crippen LogP contribution in [0.1, 0.15) is 18.6 Å². The predicted molar refractivity (Wildman–Crippen MR) is 59.5 cm³/mol. The van der Waals surface area contributed by atoms with E-state index < -0.39 is 24.6 Å². The van der Waals surface area contributed by atoms with Crippen LogP contribution in [0, 0.1) is 5.82 Å². The van der Waals surface area contributed by atoms with Gasteiger partial charge in [-0.05, 0) is 12.6 Å². The van der Waals surface area contributed by atoms with Gasteiger partial charge in [0.1, 0.15) is 5.82 Å². The van der Waals surface area contributed by atoms with Crippen LogP contribution in [-0.4, -0.2) is 35.8 Å². The quantitative estimate of drug-likeness (QED) is 0.827. The number of nitrogens with zero attached hydrogens (tertiary/aromatic N) is 1. The van der Waals surface area contributed by atoms with Gasteiger partial charge in [-0.15, -0.1) is 0 Å². The standard InChI is InChI=1S/C12H15F4NO/c1-2-17(8-12(14,15)16)7-11(18)9-5-3-4-6-10(9)13/h3-6,11,18H,2,7-8H2,1H3. The lowest BCUT2D eigenvalue weighted by atomic mass is 10.1. The van der Waals surface area contributed by atoms with Crippen molar-refractivity contribution < 1.29 is 22.7 Å². The summed E-state index contributed by atoms with van der Waals surface area (Å²) in [5.74, 6) is -0.618. The number of rotatable bonds is 5. The van der Waals surface area contributed by atoms with Crippen LogP contribution in [0.5, 0.6) is 0 Å². The summed E-state index contributed by atoms with van der Waals surface area (Å²) in [6, 6.07) is 5.51. The first kappa shape index (κ1) is 14.9. The summed E-state index contributed by atoms with van der Waals surface area (Å²) in [5, 5.41) is 9.75. The third kappa shape index (κ3) is 4.62. The van der Waals surface area contributed by atoms with Crippen LogP contribution in [0.15, 0.2) is 24.3 Å². The predicted octanol–water partition coefficient (Wildman–Crippen LogP) is 2.74. The van der Waals surface area contributed by atoms with Crippen LogP contribution in [-0.2, 0) is 0 Å². The van der Waals surface area contributed by atoms with Crippen molar-refractivity contribution in [1.82, 2.24) is 4.90 Å². The summed E-state index contributed by atoms with van der Waals surface area (Å²) in [6.07, 6.45) is -5.60. The number of hydrogen-bond acceptors (Lipinski definition) is 2. The normalized spacial score (nSPS) is 13.9. The van der Waals surface area contributed by atoms with Gasteiger partial charge >= 0.3 is 6.18 Å². The van der Waals surface area contributed by atoms with E-state index >= 15 is 0 Å². The van der Waals surface area contributed by atoms with E-state index in [1.54, 1.807) is 6.92 Å². The number of likely N-dealkylation sites (N-methyl/N-ethyl adjacent to an activating group) is 1. The second kappa shape index (κ2) is 6.15. The maximum absolute atomic E-state index is 13.3. The summed E-state index contributed by atoms with van der Waals surface area (Å²) >= 11 is 0. The molecule has 1 unspecified atom stereocenters. The highest BCUT2D eigenvalue weighted by molar-refractivity contribution is 5.20. The van der Waals surface area contributed by atoms with Crippen molar-refractivity contribution in [2.24, 2.45) is 0 Å². The Morgan fingerprint density at radius 2 is 1.89 bits per heavy atom. The van der Waals surface area contributed by atoms with Crippen LogP contribution >= 0.6 is 0 Å². The van der Waals surface area contributed by atoms with Crippen molar-refractivity contribution >= 4 is 0 Å². The van der Waals surface area contributed by atoms with Crippen LogP contribution in [0.3, 0.4) is 0 Å². The van der Waals surface area contributed by atoms with Gasteiger partial charge < -0.3 is 5.11 Å². The average Bonchev–Trinajstić information content (AvgIpc) is 2.26. The van der Waals surface area contributed by atoms with Gasteiger partial charge in [0.05, 0.1) is 12.6 Å². The highest BCUT2D eigenvalue weighted by atomic mass is 19.4. The molecular weight excluding hydrogens is 250 g/mol. The molecule has 0 spiro atoms. The Balaban J connectivity index is 2.68. The number of benzene rings is 1. The third-order valence-corrected chi connectivity index (χ3v) is 2.55. The fourth-order valence-electron chi connectivity index (χ4n) is 1.65. The maximum atomic E-state index is 13.3. The fourth-order valence-corrected chi connectivity index (χ4v) is 1.65. The molecule has 1 N–H and O–H groups in total. The van der Waals surface area contributed by atoms with Crippen LogP contribution in [0.4, 0.5) is 17.6 Å². The Labute approximate surface area is 103 Å². The van der Waals surface area contributed by atoms with Gasteiger partial charge in [-0.25, -0.2) is 4.39 Å². The van der Waals surface area contributed by atoms with Crippen molar-refractivity contribution in [3.8, 4) is 0 Å². The van der Waals surface area contributed by atoms with Gasteiger partial charge in [0.25, 0.3) is 0 Å². The Kier molecular flexibility index (Phi) is 5.10. The van der Waals surface area contributed by atoms with E-state index in [0.29, 0.717) is 0 Å². The lowest BCUT2D eigenvalue weighted by Gasteiger charge is -2.24. The molecule has 1 aromatic carbocycles. The molecule has 1 aromatic rings. The molecule has 0 heterocycles. The first-order valence-corrected chi connectivity index (χ1v) is 5.55. The Bertz CT molecular complexity index is 381. The van der Waals surface area contributed by atoms with Crippen molar-refractivity contribution in [3.63, 3.8) is 0 Å². The summed E-state index contributed by atoms with van der Waals surface area (Å²) in [5.41, 5.74) is 0.0122. The van der Waals surface area contributed by atoms with Gasteiger partial charge in [-0.3, -0.25) is 4.90 Å². The third-order valence-electron chi connectivity index (χ3n) is 2.55. The minimum atomic E-state index is -4.33. The van der Waals surface area contributed by atoms with Crippen LogP contribution < -0.4 is 0 Å². The number of hydrogen-bond donors (Lipinski definition) is 1. The van der Waals surface area contributed by atoms with E-state index in [4.69, 9.17) is 0 Å². The van der Waals surface area contributed by atoms with E-state index in [0.717, 1.165) is 4.90 Å².